The summed E-state index contributed by atoms with van der Waals surface area (Å²) in [6.07, 6.45) is 1.42. The second kappa shape index (κ2) is 8.31. The monoisotopic (exact) mass is 449 g/mol. The van der Waals surface area contributed by atoms with Gasteiger partial charge in [-0.25, -0.2) is 9.48 Å². The van der Waals surface area contributed by atoms with Crippen molar-refractivity contribution in [2.24, 2.45) is 0 Å². The summed E-state index contributed by atoms with van der Waals surface area (Å²) < 4.78 is 3.50. The molecule has 0 unspecified atom stereocenters. The molecule has 0 radical (unpaired) electrons. The zero-order chi connectivity index (χ0) is 22.2. The number of fused-ring (bicyclic) bond motifs is 1. The molecule has 0 bridgehead atoms. The summed E-state index contributed by atoms with van der Waals surface area (Å²) in [5.74, 6) is -0.100. The van der Waals surface area contributed by atoms with Gasteiger partial charge in [0.05, 0.1) is 28.8 Å². The van der Waals surface area contributed by atoms with E-state index in [1.54, 1.807) is 4.68 Å². The molecule has 1 fully saturated rings. The van der Waals surface area contributed by atoms with Crippen LogP contribution < -0.4 is 5.69 Å². The predicted octanol–water partition coefficient (Wildman–Crippen LogP) is 4.01. The normalized spacial score (nSPS) is 14.9. The molecule has 0 atom stereocenters. The lowest BCUT2D eigenvalue weighted by molar-refractivity contribution is 0.0694. The molecule has 1 aliphatic heterocycles. The molecular weight excluding hydrogens is 426 g/mol. The van der Waals surface area contributed by atoms with Gasteiger partial charge in [-0.15, -0.1) is 0 Å². The third-order valence-electron chi connectivity index (χ3n) is 6.20. The van der Waals surface area contributed by atoms with Crippen molar-refractivity contribution in [1.82, 2.24) is 24.2 Å². The number of aromatic nitrogens is 4. The summed E-state index contributed by atoms with van der Waals surface area (Å²) >= 11 is 6.59. The van der Waals surface area contributed by atoms with E-state index in [-0.39, 0.29) is 17.6 Å². The standard InChI is InChI=1S/C24H24ClN5O2/c1-16-21(22(25)29(27-16)15-17-7-3-2-4-8-17)23(31)28-13-11-18(12-14-28)30-20-10-6-5-9-19(20)26-24(30)32/h2-10,18H,11-15H2,1H3,(H,26,32). The van der Waals surface area contributed by atoms with Gasteiger partial charge in [0.1, 0.15) is 5.15 Å². The second-order valence-electron chi connectivity index (χ2n) is 8.24. The molecule has 0 spiro atoms. The Labute approximate surface area is 190 Å². The number of hydrogen-bond acceptors (Lipinski definition) is 3. The van der Waals surface area contributed by atoms with Gasteiger partial charge in [0, 0.05) is 19.1 Å². The van der Waals surface area contributed by atoms with Crippen LogP contribution in [0.25, 0.3) is 11.0 Å². The minimum absolute atomic E-state index is 0.0556. The molecule has 3 heterocycles. The highest BCUT2D eigenvalue weighted by molar-refractivity contribution is 6.33. The highest BCUT2D eigenvalue weighted by Crippen LogP contribution is 2.28. The Morgan fingerprint density at radius 1 is 1.09 bits per heavy atom. The van der Waals surface area contributed by atoms with E-state index in [0.717, 1.165) is 16.6 Å². The fraction of sp³-hybridized carbons (Fsp3) is 0.292. The molecule has 2 aromatic heterocycles. The molecule has 32 heavy (non-hydrogen) atoms. The highest BCUT2D eigenvalue weighted by Gasteiger charge is 2.30. The third kappa shape index (κ3) is 3.62. The lowest BCUT2D eigenvalue weighted by Crippen LogP contribution is -2.40. The topological polar surface area (TPSA) is 75.9 Å². The fourth-order valence-electron chi connectivity index (χ4n) is 4.58. The number of nitrogens with one attached hydrogen (secondary N) is 1. The number of piperidine rings is 1. The van der Waals surface area contributed by atoms with Crippen LogP contribution >= 0.6 is 11.6 Å². The molecule has 2 aromatic carbocycles. The zero-order valence-electron chi connectivity index (χ0n) is 17.8. The maximum Gasteiger partial charge on any atom is 0.326 e. The number of likely N-dealkylation sites (tertiary alicyclic amines) is 1. The number of carbonyl (C=O) groups is 1. The molecule has 5 rings (SSSR count). The van der Waals surface area contributed by atoms with Crippen molar-refractivity contribution in [1.29, 1.82) is 0 Å². The number of rotatable bonds is 4. The van der Waals surface area contributed by atoms with Gasteiger partial charge in [-0.05, 0) is 37.5 Å². The van der Waals surface area contributed by atoms with Crippen molar-refractivity contribution in [2.45, 2.75) is 32.4 Å². The van der Waals surface area contributed by atoms with E-state index >= 15 is 0 Å². The van der Waals surface area contributed by atoms with Gasteiger partial charge in [-0.1, -0.05) is 54.1 Å². The number of amides is 1. The quantitative estimate of drug-likeness (QED) is 0.511. The van der Waals surface area contributed by atoms with Gasteiger partial charge in [0.2, 0.25) is 0 Å². The molecule has 0 aliphatic carbocycles. The Morgan fingerprint density at radius 2 is 1.78 bits per heavy atom. The summed E-state index contributed by atoms with van der Waals surface area (Å²) in [6.45, 7) is 3.46. The molecule has 1 amide bonds. The van der Waals surface area contributed by atoms with E-state index < -0.39 is 0 Å². The van der Waals surface area contributed by atoms with Crippen LogP contribution in [0.5, 0.6) is 0 Å². The average molecular weight is 450 g/mol. The minimum atomic E-state index is -0.100. The summed E-state index contributed by atoms with van der Waals surface area (Å²) in [7, 11) is 0. The Bertz CT molecular complexity index is 1330. The first-order chi connectivity index (χ1) is 15.5. The number of benzene rings is 2. The molecule has 164 valence electrons. The van der Waals surface area contributed by atoms with Crippen molar-refractivity contribution in [3.05, 3.63) is 87.1 Å². The van der Waals surface area contributed by atoms with Crippen molar-refractivity contribution < 1.29 is 4.79 Å². The molecular formula is C24H24ClN5O2. The summed E-state index contributed by atoms with van der Waals surface area (Å²) in [6, 6.07) is 17.7. The van der Waals surface area contributed by atoms with Crippen LogP contribution in [0.1, 0.15) is 40.5 Å². The SMILES string of the molecule is Cc1nn(Cc2ccccc2)c(Cl)c1C(=O)N1CCC(n2c(=O)[nH]c3ccccc32)CC1. The van der Waals surface area contributed by atoms with Crippen molar-refractivity contribution in [3.63, 3.8) is 0 Å². The number of H-pyrrole nitrogens is 1. The van der Waals surface area contributed by atoms with E-state index in [1.807, 2.05) is 71.0 Å². The highest BCUT2D eigenvalue weighted by atomic mass is 35.5. The lowest BCUT2D eigenvalue weighted by atomic mass is 10.0. The smallest absolute Gasteiger partial charge is 0.326 e. The number of imidazole rings is 1. The lowest BCUT2D eigenvalue weighted by Gasteiger charge is -2.32. The Balaban J connectivity index is 1.33. The Morgan fingerprint density at radius 3 is 2.53 bits per heavy atom. The van der Waals surface area contributed by atoms with Crippen LogP contribution in [0.15, 0.2) is 59.4 Å². The third-order valence-corrected chi connectivity index (χ3v) is 6.58. The molecule has 4 aromatic rings. The summed E-state index contributed by atoms with van der Waals surface area (Å²) in [5, 5.41) is 4.88. The first-order valence-electron chi connectivity index (χ1n) is 10.8. The van der Waals surface area contributed by atoms with Crippen molar-refractivity contribution in [3.8, 4) is 0 Å². The molecule has 7 nitrogen and oxygen atoms in total. The number of nitrogens with zero attached hydrogens (tertiary/aromatic N) is 4. The molecule has 1 N–H and O–H groups in total. The number of aryl methyl sites for hydroxylation is 1. The van der Waals surface area contributed by atoms with Crippen molar-refractivity contribution >= 4 is 28.5 Å². The predicted molar refractivity (Wildman–Crippen MR) is 124 cm³/mol. The Hall–Kier alpha value is -3.32. The molecule has 0 saturated carbocycles. The number of para-hydroxylation sites is 2. The summed E-state index contributed by atoms with van der Waals surface area (Å²) in [5.41, 5.74) is 3.81. The number of carbonyl (C=O) groups excluding carboxylic acids is 1. The van der Waals surface area contributed by atoms with E-state index in [0.29, 0.717) is 48.9 Å². The van der Waals surface area contributed by atoms with Crippen LogP contribution in [-0.2, 0) is 6.54 Å². The van der Waals surface area contributed by atoms with Gasteiger partial charge in [-0.3, -0.25) is 9.36 Å². The molecule has 8 heteroatoms. The largest absolute Gasteiger partial charge is 0.338 e. The number of halogens is 1. The van der Waals surface area contributed by atoms with Crippen LogP contribution in [0.2, 0.25) is 5.15 Å². The van der Waals surface area contributed by atoms with Gasteiger partial charge >= 0.3 is 5.69 Å². The fourth-order valence-corrected chi connectivity index (χ4v) is 4.89. The number of hydrogen-bond donors (Lipinski definition) is 1. The van der Waals surface area contributed by atoms with Gasteiger partial charge in [0.15, 0.2) is 0 Å². The van der Waals surface area contributed by atoms with E-state index in [2.05, 4.69) is 10.1 Å². The van der Waals surface area contributed by atoms with E-state index in [4.69, 9.17) is 11.6 Å². The van der Waals surface area contributed by atoms with Gasteiger partial charge in [-0.2, -0.15) is 5.10 Å². The minimum Gasteiger partial charge on any atom is -0.338 e. The maximum absolute atomic E-state index is 13.3. The van der Waals surface area contributed by atoms with Crippen LogP contribution in [0, 0.1) is 6.92 Å². The van der Waals surface area contributed by atoms with Crippen LogP contribution in [-0.4, -0.2) is 43.2 Å². The van der Waals surface area contributed by atoms with Crippen molar-refractivity contribution in [2.75, 3.05) is 13.1 Å². The first kappa shape index (κ1) is 20.6. The van der Waals surface area contributed by atoms with E-state index in [9.17, 15) is 9.59 Å². The molecule has 1 aliphatic rings. The first-order valence-corrected chi connectivity index (χ1v) is 11.2. The van der Waals surface area contributed by atoms with Gasteiger partial charge in [0.25, 0.3) is 5.91 Å². The average Bonchev–Trinajstić information content (AvgIpc) is 3.28. The zero-order valence-corrected chi connectivity index (χ0v) is 18.5. The van der Waals surface area contributed by atoms with Crippen LogP contribution in [0.3, 0.4) is 0 Å². The Kier molecular flexibility index (Phi) is 5.35. The maximum atomic E-state index is 13.3. The van der Waals surface area contributed by atoms with Crippen LogP contribution in [0.4, 0.5) is 0 Å². The summed E-state index contributed by atoms with van der Waals surface area (Å²) in [4.78, 5) is 30.5. The van der Waals surface area contributed by atoms with Gasteiger partial charge < -0.3 is 9.88 Å². The second-order valence-corrected chi connectivity index (χ2v) is 8.59. The number of aromatic amines is 1. The van der Waals surface area contributed by atoms with E-state index in [1.165, 1.54) is 0 Å². The molecule has 1 saturated heterocycles.